The quantitative estimate of drug-likeness (QED) is 0.904. The highest BCUT2D eigenvalue weighted by Gasteiger charge is 2.54. The van der Waals surface area contributed by atoms with Crippen molar-refractivity contribution in [2.24, 2.45) is 17.8 Å². The molecule has 98 valence electrons. The van der Waals surface area contributed by atoms with Crippen LogP contribution in [0.25, 0.3) is 0 Å². The lowest BCUT2D eigenvalue weighted by Gasteiger charge is -2.07. The Morgan fingerprint density at radius 2 is 2.00 bits per heavy atom. The summed E-state index contributed by atoms with van der Waals surface area (Å²) in [5, 5.41) is 11.8. The van der Waals surface area contributed by atoms with E-state index in [1.807, 2.05) is 0 Å². The smallest absolute Gasteiger partial charge is 0.228 e. The number of nitriles is 1. The molecule has 2 atom stereocenters. The van der Waals surface area contributed by atoms with Gasteiger partial charge in [0.05, 0.1) is 17.3 Å². The summed E-state index contributed by atoms with van der Waals surface area (Å²) >= 11 is 3.40. The number of fused-ring (bicyclic) bond motifs is 1. The van der Waals surface area contributed by atoms with Gasteiger partial charge in [0.25, 0.3) is 0 Å². The number of nitrogens with one attached hydrogen (secondary N) is 1. The van der Waals surface area contributed by atoms with Crippen molar-refractivity contribution in [2.45, 2.75) is 25.7 Å². The molecule has 1 aromatic rings. The Bertz CT molecular complexity index is 552. The van der Waals surface area contributed by atoms with Crippen LogP contribution in [0.15, 0.2) is 22.7 Å². The Labute approximate surface area is 121 Å². The minimum absolute atomic E-state index is 0.141. The lowest BCUT2D eigenvalue weighted by molar-refractivity contribution is -0.117. The number of carbonyl (C=O) groups excluding carboxylic acids is 1. The summed E-state index contributed by atoms with van der Waals surface area (Å²) in [7, 11) is 0. The van der Waals surface area contributed by atoms with Gasteiger partial charge < -0.3 is 5.32 Å². The highest BCUT2D eigenvalue weighted by atomic mass is 79.9. The van der Waals surface area contributed by atoms with Crippen LogP contribution in [0, 0.1) is 29.1 Å². The summed E-state index contributed by atoms with van der Waals surface area (Å²) in [4.78, 5) is 12.3. The van der Waals surface area contributed by atoms with E-state index in [9.17, 15) is 4.79 Å². The molecule has 4 heteroatoms. The minimum Gasteiger partial charge on any atom is -0.325 e. The van der Waals surface area contributed by atoms with Crippen LogP contribution < -0.4 is 5.32 Å². The Hall–Kier alpha value is -1.34. The molecule has 0 saturated heterocycles. The van der Waals surface area contributed by atoms with Crippen LogP contribution in [0.2, 0.25) is 0 Å². The van der Waals surface area contributed by atoms with Crippen molar-refractivity contribution < 1.29 is 4.79 Å². The third kappa shape index (κ3) is 2.40. The number of nitrogens with zero attached hydrogens (tertiary/aromatic N) is 1. The van der Waals surface area contributed by atoms with Gasteiger partial charge in [0.2, 0.25) is 5.91 Å². The molecule has 0 bridgehead atoms. The molecule has 1 N–H and O–H groups in total. The van der Waals surface area contributed by atoms with E-state index in [0.29, 0.717) is 17.4 Å². The Balaban J connectivity index is 1.69. The number of halogens is 1. The molecule has 19 heavy (non-hydrogen) atoms. The summed E-state index contributed by atoms with van der Waals surface area (Å²) in [6, 6.07) is 7.32. The van der Waals surface area contributed by atoms with E-state index in [0.717, 1.165) is 10.2 Å². The van der Waals surface area contributed by atoms with E-state index in [1.165, 1.54) is 25.7 Å². The van der Waals surface area contributed by atoms with Crippen molar-refractivity contribution in [3.63, 3.8) is 0 Å². The lowest BCUT2D eigenvalue weighted by atomic mass is 10.0. The maximum absolute atomic E-state index is 12.3. The maximum Gasteiger partial charge on any atom is 0.228 e. The number of hydrogen-bond acceptors (Lipinski definition) is 2. The van der Waals surface area contributed by atoms with Gasteiger partial charge in [-0.2, -0.15) is 5.26 Å². The number of hydrogen-bond donors (Lipinski definition) is 1. The van der Waals surface area contributed by atoms with Crippen LogP contribution >= 0.6 is 15.9 Å². The zero-order valence-electron chi connectivity index (χ0n) is 10.5. The molecule has 0 aromatic heterocycles. The molecule has 2 aliphatic carbocycles. The first-order valence-corrected chi connectivity index (χ1v) is 7.50. The van der Waals surface area contributed by atoms with Gasteiger partial charge in [-0.25, -0.2) is 0 Å². The SMILES string of the molecule is N#Cc1ccc(NC(=O)C2C3CCCCC32)c(Br)c1. The van der Waals surface area contributed by atoms with Gasteiger partial charge in [0.15, 0.2) is 0 Å². The number of carbonyl (C=O) groups is 1. The third-order valence-electron chi connectivity index (χ3n) is 4.32. The number of benzene rings is 1. The van der Waals surface area contributed by atoms with E-state index < -0.39 is 0 Å². The van der Waals surface area contributed by atoms with E-state index >= 15 is 0 Å². The molecule has 2 unspecified atom stereocenters. The van der Waals surface area contributed by atoms with Crippen LogP contribution in [-0.2, 0) is 4.79 Å². The van der Waals surface area contributed by atoms with Crippen LogP contribution in [0.5, 0.6) is 0 Å². The van der Waals surface area contributed by atoms with E-state index in [-0.39, 0.29) is 11.8 Å². The van der Waals surface area contributed by atoms with Crippen LogP contribution in [0.4, 0.5) is 5.69 Å². The molecule has 1 aromatic carbocycles. The fraction of sp³-hybridized carbons (Fsp3) is 0.467. The molecular weight excluding hydrogens is 304 g/mol. The van der Waals surface area contributed by atoms with Gasteiger partial charge in [0.1, 0.15) is 0 Å². The molecule has 2 saturated carbocycles. The van der Waals surface area contributed by atoms with Crippen molar-refractivity contribution in [1.29, 1.82) is 5.26 Å². The summed E-state index contributed by atoms with van der Waals surface area (Å²) in [6.45, 7) is 0. The fourth-order valence-corrected chi connectivity index (χ4v) is 3.76. The number of amides is 1. The Morgan fingerprint density at radius 3 is 2.58 bits per heavy atom. The normalized spacial score (nSPS) is 28.1. The predicted octanol–water partition coefficient (Wildman–Crippen LogP) is 3.70. The molecule has 2 fully saturated rings. The van der Waals surface area contributed by atoms with E-state index in [2.05, 4.69) is 27.3 Å². The van der Waals surface area contributed by atoms with Gasteiger partial charge in [-0.1, -0.05) is 12.8 Å². The van der Waals surface area contributed by atoms with E-state index in [4.69, 9.17) is 5.26 Å². The molecule has 0 heterocycles. The predicted molar refractivity (Wildman–Crippen MR) is 76.4 cm³/mol. The largest absolute Gasteiger partial charge is 0.325 e. The van der Waals surface area contributed by atoms with Crippen LogP contribution in [0.3, 0.4) is 0 Å². The van der Waals surface area contributed by atoms with Crippen LogP contribution in [-0.4, -0.2) is 5.91 Å². The summed E-state index contributed by atoms with van der Waals surface area (Å²) in [5.74, 6) is 1.59. The zero-order chi connectivity index (χ0) is 13.4. The molecule has 2 aliphatic rings. The van der Waals surface area contributed by atoms with Crippen molar-refractivity contribution >= 4 is 27.5 Å². The average molecular weight is 319 g/mol. The second-order valence-corrected chi connectivity index (χ2v) is 6.29. The average Bonchev–Trinajstić information content (AvgIpc) is 3.15. The molecule has 0 radical (unpaired) electrons. The standard InChI is InChI=1S/C15H15BrN2O/c16-12-7-9(8-17)5-6-13(12)18-15(19)14-10-3-1-2-4-11(10)14/h5-7,10-11,14H,1-4H2,(H,18,19). The Kier molecular flexibility index (Phi) is 3.32. The summed E-state index contributed by atoms with van der Waals surface area (Å²) in [6.07, 6.45) is 4.95. The molecule has 0 spiro atoms. The first kappa shape index (κ1) is 12.7. The minimum atomic E-state index is 0.141. The van der Waals surface area contributed by atoms with Crippen LogP contribution in [0.1, 0.15) is 31.2 Å². The molecule has 3 nitrogen and oxygen atoms in total. The fourth-order valence-electron chi connectivity index (χ4n) is 3.28. The van der Waals surface area contributed by atoms with Gasteiger partial charge in [-0.3, -0.25) is 4.79 Å². The maximum atomic E-state index is 12.3. The summed E-state index contributed by atoms with van der Waals surface area (Å²) in [5.41, 5.74) is 1.35. The van der Waals surface area contributed by atoms with Crippen molar-refractivity contribution in [2.75, 3.05) is 5.32 Å². The highest BCUT2D eigenvalue weighted by molar-refractivity contribution is 9.10. The molecule has 0 aliphatic heterocycles. The first-order chi connectivity index (χ1) is 9.20. The van der Waals surface area contributed by atoms with Gasteiger partial charge in [0, 0.05) is 10.4 Å². The second kappa shape index (κ2) is 4.97. The second-order valence-electron chi connectivity index (χ2n) is 5.43. The number of rotatable bonds is 2. The first-order valence-electron chi connectivity index (χ1n) is 6.71. The lowest BCUT2D eigenvalue weighted by Crippen LogP contribution is -2.15. The number of anilines is 1. The molecule has 1 amide bonds. The van der Waals surface area contributed by atoms with Crippen molar-refractivity contribution in [3.05, 3.63) is 28.2 Å². The van der Waals surface area contributed by atoms with Gasteiger partial charge >= 0.3 is 0 Å². The van der Waals surface area contributed by atoms with E-state index in [1.54, 1.807) is 18.2 Å². The van der Waals surface area contributed by atoms with Crippen molar-refractivity contribution in [3.8, 4) is 6.07 Å². The summed E-state index contributed by atoms with van der Waals surface area (Å²) < 4.78 is 0.767. The van der Waals surface area contributed by atoms with Gasteiger partial charge in [-0.15, -0.1) is 0 Å². The van der Waals surface area contributed by atoms with Gasteiger partial charge in [-0.05, 0) is 58.8 Å². The molecule has 3 rings (SSSR count). The third-order valence-corrected chi connectivity index (χ3v) is 4.97. The zero-order valence-corrected chi connectivity index (χ0v) is 12.1. The topological polar surface area (TPSA) is 52.9 Å². The van der Waals surface area contributed by atoms with Crippen molar-refractivity contribution in [1.82, 2.24) is 0 Å². The monoisotopic (exact) mass is 318 g/mol. The molecular formula is C15H15BrN2O. The highest BCUT2D eigenvalue weighted by Crippen LogP contribution is 2.55. The Morgan fingerprint density at radius 1 is 1.32 bits per heavy atom.